The number of sulfonamides is 1. The highest BCUT2D eigenvalue weighted by Crippen LogP contribution is 2.15. The molecule has 7 heteroatoms. The Hall–Kier alpha value is -1.44. The van der Waals surface area contributed by atoms with E-state index in [-0.39, 0.29) is 23.8 Å². The Labute approximate surface area is 163 Å². The van der Waals surface area contributed by atoms with Gasteiger partial charge < -0.3 is 10.2 Å². The molecular formula is C20H33N3O3S. The minimum Gasteiger partial charge on any atom is -0.356 e. The summed E-state index contributed by atoms with van der Waals surface area (Å²) in [6.45, 7) is 10.1. The fourth-order valence-corrected chi connectivity index (χ4v) is 4.49. The van der Waals surface area contributed by atoms with E-state index in [9.17, 15) is 13.2 Å². The van der Waals surface area contributed by atoms with Crippen LogP contribution in [0.4, 0.5) is 0 Å². The second-order valence-electron chi connectivity index (χ2n) is 7.65. The normalized spacial score (nSPS) is 18.4. The molecule has 1 heterocycles. The van der Waals surface area contributed by atoms with Crippen LogP contribution in [0.2, 0.25) is 0 Å². The van der Waals surface area contributed by atoms with Gasteiger partial charge in [0.15, 0.2) is 0 Å². The first-order valence-corrected chi connectivity index (χ1v) is 11.3. The van der Waals surface area contributed by atoms with Gasteiger partial charge in [-0.05, 0) is 75.4 Å². The lowest BCUT2D eigenvalue weighted by molar-refractivity contribution is -0.120. The molecule has 0 aliphatic carbocycles. The van der Waals surface area contributed by atoms with Crippen LogP contribution < -0.4 is 10.0 Å². The van der Waals surface area contributed by atoms with Crippen molar-refractivity contribution in [3.05, 3.63) is 29.3 Å². The van der Waals surface area contributed by atoms with E-state index in [1.807, 2.05) is 13.8 Å². The molecule has 1 aliphatic rings. The van der Waals surface area contributed by atoms with E-state index in [2.05, 4.69) is 21.9 Å². The van der Waals surface area contributed by atoms with Gasteiger partial charge in [-0.3, -0.25) is 4.79 Å². The quantitative estimate of drug-likeness (QED) is 0.629. The minimum absolute atomic E-state index is 0.102. The molecule has 152 valence electrons. The summed E-state index contributed by atoms with van der Waals surface area (Å²) < 4.78 is 27.1. The number of carbonyl (C=O) groups is 1. The molecule has 1 saturated heterocycles. The maximum absolute atomic E-state index is 12.3. The number of aryl methyl sites for hydroxylation is 2. The van der Waals surface area contributed by atoms with Gasteiger partial charge >= 0.3 is 0 Å². The summed E-state index contributed by atoms with van der Waals surface area (Å²) in [6.07, 6.45) is 3.64. The zero-order valence-electron chi connectivity index (χ0n) is 16.8. The van der Waals surface area contributed by atoms with Crippen molar-refractivity contribution in [3.63, 3.8) is 0 Å². The maximum atomic E-state index is 12.3. The highest BCUT2D eigenvalue weighted by molar-refractivity contribution is 7.89. The monoisotopic (exact) mass is 395 g/mol. The number of hydrogen-bond acceptors (Lipinski definition) is 4. The Kier molecular flexibility index (Phi) is 8.26. The zero-order chi connectivity index (χ0) is 19.9. The average molecular weight is 396 g/mol. The lowest BCUT2D eigenvalue weighted by Gasteiger charge is -2.30. The van der Waals surface area contributed by atoms with Gasteiger partial charge in [-0.1, -0.05) is 13.0 Å². The number of piperidine rings is 1. The van der Waals surface area contributed by atoms with Crippen molar-refractivity contribution in [2.75, 3.05) is 32.7 Å². The minimum atomic E-state index is -3.58. The number of likely N-dealkylation sites (tertiary alicyclic amines) is 1. The molecule has 27 heavy (non-hydrogen) atoms. The second-order valence-corrected chi connectivity index (χ2v) is 9.41. The summed E-state index contributed by atoms with van der Waals surface area (Å²) in [6, 6.07) is 5.03. The van der Waals surface area contributed by atoms with Crippen LogP contribution in [0.5, 0.6) is 0 Å². The Bertz CT molecular complexity index is 734. The molecule has 0 bridgehead atoms. The molecule has 0 spiro atoms. The second kappa shape index (κ2) is 10.2. The van der Waals surface area contributed by atoms with E-state index in [1.165, 1.54) is 12.8 Å². The van der Waals surface area contributed by atoms with Crippen molar-refractivity contribution in [1.82, 2.24) is 14.9 Å². The third-order valence-electron chi connectivity index (χ3n) is 5.15. The molecule has 2 N–H and O–H groups in total. The predicted octanol–water partition coefficient (Wildman–Crippen LogP) is 2.21. The number of nitrogens with one attached hydrogen (secondary N) is 2. The molecule has 1 amide bonds. The summed E-state index contributed by atoms with van der Waals surface area (Å²) >= 11 is 0. The van der Waals surface area contributed by atoms with Crippen LogP contribution in [0.3, 0.4) is 0 Å². The number of amides is 1. The number of hydrogen-bond donors (Lipinski definition) is 2. The summed E-state index contributed by atoms with van der Waals surface area (Å²) in [5.41, 5.74) is 1.98. The molecular weight excluding hydrogens is 362 g/mol. The highest BCUT2D eigenvalue weighted by atomic mass is 32.2. The lowest BCUT2D eigenvalue weighted by Crippen LogP contribution is -2.37. The van der Waals surface area contributed by atoms with Crippen LogP contribution >= 0.6 is 0 Å². The van der Waals surface area contributed by atoms with Crippen LogP contribution in [-0.4, -0.2) is 51.9 Å². The highest BCUT2D eigenvalue weighted by Gasteiger charge is 2.16. The first-order chi connectivity index (χ1) is 12.8. The third-order valence-corrected chi connectivity index (χ3v) is 6.61. The average Bonchev–Trinajstić information content (AvgIpc) is 2.61. The number of carbonyl (C=O) groups excluding carboxylic acids is 1. The topological polar surface area (TPSA) is 78.5 Å². The molecule has 1 aliphatic heterocycles. The van der Waals surface area contributed by atoms with Crippen LogP contribution in [0.25, 0.3) is 0 Å². The van der Waals surface area contributed by atoms with Crippen molar-refractivity contribution >= 4 is 15.9 Å². The molecule has 0 saturated carbocycles. The Morgan fingerprint density at radius 1 is 1.22 bits per heavy atom. The van der Waals surface area contributed by atoms with Crippen molar-refractivity contribution in [2.45, 2.75) is 51.3 Å². The van der Waals surface area contributed by atoms with E-state index in [4.69, 9.17) is 0 Å². The third kappa shape index (κ3) is 7.24. The van der Waals surface area contributed by atoms with Gasteiger partial charge in [0.25, 0.3) is 0 Å². The van der Waals surface area contributed by atoms with E-state index in [0.29, 0.717) is 6.54 Å². The van der Waals surface area contributed by atoms with Crippen molar-refractivity contribution in [3.8, 4) is 0 Å². The van der Waals surface area contributed by atoms with Crippen LogP contribution in [0.15, 0.2) is 23.1 Å². The van der Waals surface area contributed by atoms with Gasteiger partial charge in [-0.25, -0.2) is 13.1 Å². The Morgan fingerprint density at radius 2 is 2.00 bits per heavy atom. The number of nitrogens with zero attached hydrogens (tertiary/aromatic N) is 1. The van der Waals surface area contributed by atoms with Crippen LogP contribution in [0, 0.1) is 19.8 Å². The van der Waals surface area contributed by atoms with Crippen molar-refractivity contribution in [2.24, 2.45) is 5.92 Å². The van der Waals surface area contributed by atoms with Crippen molar-refractivity contribution < 1.29 is 13.2 Å². The molecule has 1 aromatic rings. The van der Waals surface area contributed by atoms with E-state index in [0.717, 1.165) is 43.1 Å². The SMILES string of the molecule is Cc1ccc(S(=O)(=O)NCCC(=O)NCCCN2CCCC(C)C2)cc1C. The lowest BCUT2D eigenvalue weighted by atomic mass is 10.0. The fourth-order valence-electron chi connectivity index (χ4n) is 3.37. The summed E-state index contributed by atoms with van der Waals surface area (Å²) in [7, 11) is -3.58. The summed E-state index contributed by atoms with van der Waals surface area (Å²) in [4.78, 5) is 14.6. The van der Waals surface area contributed by atoms with Gasteiger partial charge in [0.2, 0.25) is 15.9 Å². The van der Waals surface area contributed by atoms with E-state index in [1.54, 1.807) is 18.2 Å². The summed E-state index contributed by atoms with van der Waals surface area (Å²) in [5, 5.41) is 2.88. The van der Waals surface area contributed by atoms with Crippen LogP contribution in [-0.2, 0) is 14.8 Å². The fraction of sp³-hybridized carbons (Fsp3) is 0.650. The first-order valence-electron chi connectivity index (χ1n) is 9.84. The Balaban J connectivity index is 1.64. The first kappa shape index (κ1) is 21.9. The van der Waals surface area contributed by atoms with Gasteiger partial charge in [0, 0.05) is 26.1 Å². The van der Waals surface area contributed by atoms with Crippen LogP contribution in [0.1, 0.15) is 43.7 Å². The van der Waals surface area contributed by atoms with Gasteiger partial charge in [0.1, 0.15) is 0 Å². The summed E-state index contributed by atoms with van der Waals surface area (Å²) in [5.74, 6) is 0.642. The standard InChI is InChI=1S/C20H33N3O3S/c1-16-6-4-12-23(15-16)13-5-10-21-20(24)9-11-22-27(25,26)19-8-7-17(2)18(3)14-19/h7-8,14,16,22H,4-6,9-13,15H2,1-3H3,(H,21,24). The molecule has 1 aromatic carbocycles. The number of benzene rings is 1. The van der Waals surface area contributed by atoms with E-state index < -0.39 is 10.0 Å². The smallest absolute Gasteiger partial charge is 0.240 e. The molecule has 0 radical (unpaired) electrons. The van der Waals surface area contributed by atoms with Gasteiger partial charge in [-0.2, -0.15) is 0 Å². The molecule has 2 rings (SSSR count). The van der Waals surface area contributed by atoms with E-state index >= 15 is 0 Å². The maximum Gasteiger partial charge on any atom is 0.240 e. The molecule has 6 nitrogen and oxygen atoms in total. The Morgan fingerprint density at radius 3 is 2.70 bits per heavy atom. The zero-order valence-corrected chi connectivity index (χ0v) is 17.6. The number of rotatable bonds is 9. The molecule has 1 unspecified atom stereocenters. The molecule has 1 fully saturated rings. The predicted molar refractivity (Wildman–Crippen MR) is 108 cm³/mol. The van der Waals surface area contributed by atoms with Gasteiger partial charge in [-0.15, -0.1) is 0 Å². The van der Waals surface area contributed by atoms with Gasteiger partial charge in [0.05, 0.1) is 4.90 Å². The largest absolute Gasteiger partial charge is 0.356 e. The van der Waals surface area contributed by atoms with Crippen molar-refractivity contribution in [1.29, 1.82) is 0 Å². The molecule has 1 atom stereocenters. The molecule has 0 aromatic heterocycles.